The maximum Gasteiger partial charge on any atom is 0.249 e. The van der Waals surface area contributed by atoms with Crippen molar-refractivity contribution in [2.24, 2.45) is 5.92 Å². The summed E-state index contributed by atoms with van der Waals surface area (Å²) >= 11 is 5.86. The third-order valence-electron chi connectivity index (χ3n) is 4.02. The van der Waals surface area contributed by atoms with Crippen LogP contribution < -0.4 is 0 Å². The van der Waals surface area contributed by atoms with Crippen molar-refractivity contribution in [3.05, 3.63) is 40.4 Å². The van der Waals surface area contributed by atoms with E-state index in [9.17, 15) is 9.90 Å². The summed E-state index contributed by atoms with van der Waals surface area (Å²) in [6, 6.07) is 7.42. The number of amides is 1. The predicted octanol–water partition coefficient (Wildman–Crippen LogP) is 3.36. The Morgan fingerprint density at radius 2 is 2.10 bits per heavy atom. The predicted molar refractivity (Wildman–Crippen MR) is 86.1 cm³/mol. The maximum absolute atomic E-state index is 12.5. The van der Waals surface area contributed by atoms with Crippen LogP contribution in [0.25, 0.3) is 6.08 Å². The van der Waals surface area contributed by atoms with E-state index in [0.29, 0.717) is 17.1 Å². The molecular weight excluding hydrogens is 286 g/mol. The van der Waals surface area contributed by atoms with Gasteiger partial charge in [0.2, 0.25) is 5.91 Å². The van der Waals surface area contributed by atoms with Crippen LogP contribution in [0.1, 0.15) is 32.3 Å². The van der Waals surface area contributed by atoms with Gasteiger partial charge in [0.05, 0.1) is 6.10 Å². The van der Waals surface area contributed by atoms with Crippen LogP contribution in [0.4, 0.5) is 0 Å². The third kappa shape index (κ3) is 4.32. The van der Waals surface area contributed by atoms with Gasteiger partial charge in [-0.3, -0.25) is 4.79 Å². The zero-order valence-corrected chi connectivity index (χ0v) is 13.3. The number of rotatable bonds is 3. The van der Waals surface area contributed by atoms with E-state index in [1.807, 2.05) is 42.2 Å². The standard InChI is InChI=1S/C17H22ClNO2/c1-12(10-14-5-7-16(18)8-6-14)17(21)19-9-3-4-15(11-19)13(2)20/h5-8,10,13,15,20H,3-4,9,11H2,1-2H3/b12-10+. The van der Waals surface area contributed by atoms with Gasteiger partial charge in [-0.2, -0.15) is 0 Å². The molecule has 0 radical (unpaired) electrons. The molecular formula is C17H22ClNO2. The van der Waals surface area contributed by atoms with Gasteiger partial charge in [0.1, 0.15) is 0 Å². The van der Waals surface area contributed by atoms with Gasteiger partial charge in [-0.15, -0.1) is 0 Å². The normalized spacial score (nSPS) is 21.2. The maximum atomic E-state index is 12.5. The molecule has 1 fully saturated rings. The summed E-state index contributed by atoms with van der Waals surface area (Å²) in [6.07, 6.45) is 3.46. The van der Waals surface area contributed by atoms with Crippen LogP contribution in [0.2, 0.25) is 5.02 Å². The van der Waals surface area contributed by atoms with Crippen LogP contribution in [-0.2, 0) is 4.79 Å². The van der Waals surface area contributed by atoms with E-state index < -0.39 is 0 Å². The van der Waals surface area contributed by atoms with Crippen LogP contribution in [0, 0.1) is 5.92 Å². The van der Waals surface area contributed by atoms with Gasteiger partial charge in [0.25, 0.3) is 0 Å². The lowest BCUT2D eigenvalue weighted by Gasteiger charge is -2.34. The zero-order chi connectivity index (χ0) is 15.4. The van der Waals surface area contributed by atoms with E-state index >= 15 is 0 Å². The van der Waals surface area contributed by atoms with Crippen LogP contribution >= 0.6 is 11.6 Å². The minimum atomic E-state index is -0.360. The van der Waals surface area contributed by atoms with Crippen molar-refractivity contribution in [2.45, 2.75) is 32.8 Å². The van der Waals surface area contributed by atoms with Crippen molar-refractivity contribution in [1.82, 2.24) is 4.90 Å². The molecule has 0 bridgehead atoms. The van der Waals surface area contributed by atoms with E-state index in [-0.39, 0.29) is 17.9 Å². The van der Waals surface area contributed by atoms with Crippen molar-refractivity contribution in [2.75, 3.05) is 13.1 Å². The Hall–Kier alpha value is -1.32. The molecule has 2 atom stereocenters. The molecule has 0 aliphatic carbocycles. The number of hydrogen-bond acceptors (Lipinski definition) is 2. The molecule has 1 aliphatic heterocycles. The fourth-order valence-corrected chi connectivity index (χ4v) is 2.83. The Morgan fingerprint density at radius 1 is 1.43 bits per heavy atom. The summed E-state index contributed by atoms with van der Waals surface area (Å²) in [6.45, 7) is 5.05. The number of carbonyl (C=O) groups excluding carboxylic acids is 1. The summed E-state index contributed by atoms with van der Waals surface area (Å²) < 4.78 is 0. The second-order valence-corrected chi connectivity index (χ2v) is 6.21. The Bertz CT molecular complexity index is 522. The van der Waals surface area contributed by atoms with E-state index in [0.717, 1.165) is 24.9 Å². The molecule has 1 aromatic rings. The lowest BCUT2D eigenvalue weighted by atomic mass is 9.93. The molecule has 2 rings (SSSR count). The van der Waals surface area contributed by atoms with E-state index in [1.54, 1.807) is 6.92 Å². The Labute approximate surface area is 131 Å². The number of aliphatic hydroxyl groups is 1. The second-order valence-electron chi connectivity index (χ2n) is 5.77. The lowest BCUT2D eigenvalue weighted by molar-refractivity contribution is -0.129. The van der Waals surface area contributed by atoms with Crippen LogP contribution in [-0.4, -0.2) is 35.1 Å². The largest absolute Gasteiger partial charge is 0.393 e. The Kier molecular flexibility index (Phi) is 5.43. The summed E-state index contributed by atoms with van der Waals surface area (Å²) in [5, 5.41) is 10.4. The van der Waals surface area contributed by atoms with E-state index in [2.05, 4.69) is 0 Å². The first kappa shape index (κ1) is 16.1. The van der Waals surface area contributed by atoms with E-state index in [1.165, 1.54) is 0 Å². The van der Waals surface area contributed by atoms with Gasteiger partial charge in [-0.05, 0) is 50.5 Å². The third-order valence-corrected chi connectivity index (χ3v) is 4.27. The molecule has 1 aliphatic rings. The van der Waals surface area contributed by atoms with Crippen molar-refractivity contribution < 1.29 is 9.90 Å². The number of piperidine rings is 1. The SMILES string of the molecule is C/C(=C\c1ccc(Cl)cc1)C(=O)N1CCCC(C(C)O)C1. The van der Waals surface area contributed by atoms with Crippen LogP contribution in [0.15, 0.2) is 29.8 Å². The van der Waals surface area contributed by atoms with Gasteiger partial charge < -0.3 is 10.0 Å². The average Bonchev–Trinajstić information content (AvgIpc) is 2.49. The molecule has 0 aromatic heterocycles. The first-order valence-corrected chi connectivity index (χ1v) is 7.76. The first-order chi connectivity index (χ1) is 9.97. The molecule has 1 N–H and O–H groups in total. The van der Waals surface area contributed by atoms with Crippen molar-refractivity contribution >= 4 is 23.6 Å². The molecule has 3 nitrogen and oxygen atoms in total. The second kappa shape index (κ2) is 7.10. The summed E-state index contributed by atoms with van der Waals surface area (Å²) in [5.74, 6) is 0.237. The molecule has 1 heterocycles. The molecule has 1 aromatic carbocycles. The highest BCUT2D eigenvalue weighted by atomic mass is 35.5. The van der Waals surface area contributed by atoms with Crippen molar-refractivity contribution in [3.63, 3.8) is 0 Å². The number of aliphatic hydroxyl groups excluding tert-OH is 1. The fraction of sp³-hybridized carbons (Fsp3) is 0.471. The zero-order valence-electron chi connectivity index (χ0n) is 12.6. The van der Waals surface area contributed by atoms with E-state index in [4.69, 9.17) is 11.6 Å². The first-order valence-electron chi connectivity index (χ1n) is 7.38. The summed E-state index contributed by atoms with van der Waals surface area (Å²) in [4.78, 5) is 14.3. The van der Waals surface area contributed by atoms with Crippen molar-refractivity contribution in [3.8, 4) is 0 Å². The molecule has 0 spiro atoms. The van der Waals surface area contributed by atoms with Gasteiger partial charge >= 0.3 is 0 Å². The average molecular weight is 308 g/mol. The number of halogens is 1. The fourth-order valence-electron chi connectivity index (χ4n) is 2.71. The molecule has 0 saturated carbocycles. The summed E-state index contributed by atoms with van der Waals surface area (Å²) in [7, 11) is 0. The molecule has 21 heavy (non-hydrogen) atoms. The Morgan fingerprint density at radius 3 is 2.71 bits per heavy atom. The van der Waals surface area contributed by atoms with Gasteiger partial charge in [-0.25, -0.2) is 0 Å². The number of carbonyl (C=O) groups is 1. The topological polar surface area (TPSA) is 40.5 Å². The van der Waals surface area contributed by atoms with Gasteiger partial charge in [-0.1, -0.05) is 23.7 Å². The van der Waals surface area contributed by atoms with Gasteiger partial charge in [0, 0.05) is 29.6 Å². The van der Waals surface area contributed by atoms with Crippen LogP contribution in [0.3, 0.4) is 0 Å². The highest BCUT2D eigenvalue weighted by Gasteiger charge is 2.26. The quantitative estimate of drug-likeness (QED) is 0.870. The molecule has 1 saturated heterocycles. The summed E-state index contributed by atoms with van der Waals surface area (Å²) in [5.41, 5.74) is 1.68. The van der Waals surface area contributed by atoms with Gasteiger partial charge in [0.15, 0.2) is 0 Å². The lowest BCUT2D eigenvalue weighted by Crippen LogP contribution is -2.43. The highest BCUT2D eigenvalue weighted by Crippen LogP contribution is 2.21. The Balaban J connectivity index is 2.06. The molecule has 2 unspecified atom stereocenters. The minimum absolute atomic E-state index is 0.0512. The molecule has 1 amide bonds. The molecule has 4 heteroatoms. The van der Waals surface area contributed by atoms with Crippen molar-refractivity contribution in [1.29, 1.82) is 0 Å². The smallest absolute Gasteiger partial charge is 0.249 e. The number of hydrogen-bond donors (Lipinski definition) is 1. The molecule has 114 valence electrons. The number of likely N-dealkylation sites (tertiary alicyclic amines) is 1. The minimum Gasteiger partial charge on any atom is -0.393 e. The number of nitrogens with zero attached hydrogens (tertiary/aromatic N) is 1. The van der Waals surface area contributed by atoms with Crippen LogP contribution in [0.5, 0.6) is 0 Å². The monoisotopic (exact) mass is 307 g/mol. The highest BCUT2D eigenvalue weighted by molar-refractivity contribution is 6.30. The number of benzene rings is 1.